The van der Waals surface area contributed by atoms with Gasteiger partial charge in [0.1, 0.15) is 0 Å². The van der Waals surface area contributed by atoms with Gasteiger partial charge >= 0.3 is 0 Å². The number of anilines is 1. The Kier molecular flexibility index (Phi) is 4.48. The molecule has 3 nitrogen and oxygen atoms in total. The fraction of sp³-hybridized carbons (Fsp3) is 0.625. The van der Waals surface area contributed by atoms with Gasteiger partial charge in [0.05, 0.1) is 5.60 Å². The van der Waals surface area contributed by atoms with Crippen molar-refractivity contribution in [3.8, 4) is 0 Å². The number of rotatable bonds is 4. The SMILES string of the molecule is CC[C@@H](N)c1ccc(N2CCCC(C)(OC)C2)cc1. The van der Waals surface area contributed by atoms with E-state index in [4.69, 9.17) is 10.5 Å². The van der Waals surface area contributed by atoms with Crippen LogP contribution in [0.4, 0.5) is 5.69 Å². The summed E-state index contributed by atoms with van der Waals surface area (Å²) in [6.07, 6.45) is 3.30. The second kappa shape index (κ2) is 5.93. The van der Waals surface area contributed by atoms with Gasteiger partial charge in [-0.3, -0.25) is 0 Å². The largest absolute Gasteiger partial charge is 0.377 e. The van der Waals surface area contributed by atoms with E-state index < -0.39 is 0 Å². The van der Waals surface area contributed by atoms with E-state index in [9.17, 15) is 0 Å². The van der Waals surface area contributed by atoms with Crippen molar-refractivity contribution in [1.29, 1.82) is 0 Å². The first-order valence-electron chi connectivity index (χ1n) is 7.23. The summed E-state index contributed by atoms with van der Waals surface area (Å²) in [7, 11) is 1.81. The lowest BCUT2D eigenvalue weighted by molar-refractivity contribution is -0.00465. The molecule has 0 saturated carbocycles. The van der Waals surface area contributed by atoms with Gasteiger partial charge in [0.15, 0.2) is 0 Å². The third-order valence-electron chi connectivity index (χ3n) is 4.28. The molecular formula is C16H26N2O. The van der Waals surface area contributed by atoms with Crippen LogP contribution in [0.15, 0.2) is 24.3 Å². The van der Waals surface area contributed by atoms with Crippen LogP contribution >= 0.6 is 0 Å². The minimum Gasteiger partial charge on any atom is -0.377 e. The zero-order valence-electron chi connectivity index (χ0n) is 12.4. The van der Waals surface area contributed by atoms with Crippen molar-refractivity contribution >= 4 is 5.69 Å². The van der Waals surface area contributed by atoms with Crippen LogP contribution in [0.5, 0.6) is 0 Å². The number of piperidine rings is 1. The monoisotopic (exact) mass is 262 g/mol. The van der Waals surface area contributed by atoms with E-state index in [0.29, 0.717) is 0 Å². The quantitative estimate of drug-likeness (QED) is 0.906. The van der Waals surface area contributed by atoms with E-state index in [1.807, 2.05) is 7.11 Å². The molecule has 1 aliphatic heterocycles. The Balaban J connectivity index is 2.09. The van der Waals surface area contributed by atoms with Crippen LogP contribution in [0.3, 0.4) is 0 Å². The number of ether oxygens (including phenoxy) is 1. The predicted octanol–water partition coefficient (Wildman–Crippen LogP) is 3.10. The first kappa shape index (κ1) is 14.4. The van der Waals surface area contributed by atoms with Gasteiger partial charge in [-0.05, 0) is 43.9 Å². The van der Waals surface area contributed by atoms with Gasteiger partial charge in [0, 0.05) is 31.9 Å². The van der Waals surface area contributed by atoms with E-state index in [1.165, 1.54) is 17.7 Å². The average Bonchev–Trinajstić information content (AvgIpc) is 2.46. The van der Waals surface area contributed by atoms with Crippen LogP contribution in [0.1, 0.15) is 44.7 Å². The summed E-state index contributed by atoms with van der Waals surface area (Å²) in [5.74, 6) is 0. The van der Waals surface area contributed by atoms with Crippen LogP contribution in [-0.4, -0.2) is 25.8 Å². The molecule has 0 spiro atoms. The average molecular weight is 262 g/mol. The first-order chi connectivity index (χ1) is 9.08. The Labute approximate surface area is 116 Å². The number of methoxy groups -OCH3 is 1. The third kappa shape index (κ3) is 3.28. The van der Waals surface area contributed by atoms with Crippen molar-refractivity contribution in [2.45, 2.75) is 44.8 Å². The molecule has 0 aliphatic carbocycles. The van der Waals surface area contributed by atoms with Crippen molar-refractivity contribution in [3.63, 3.8) is 0 Å². The minimum absolute atomic E-state index is 0.0171. The molecule has 1 fully saturated rings. The summed E-state index contributed by atoms with van der Waals surface area (Å²) in [4.78, 5) is 2.41. The molecule has 0 amide bonds. The highest BCUT2D eigenvalue weighted by atomic mass is 16.5. The highest BCUT2D eigenvalue weighted by Gasteiger charge is 2.30. The second-order valence-corrected chi connectivity index (χ2v) is 5.79. The number of hydrogen-bond donors (Lipinski definition) is 1. The summed E-state index contributed by atoms with van der Waals surface area (Å²) in [6, 6.07) is 8.84. The fourth-order valence-corrected chi connectivity index (χ4v) is 2.76. The molecule has 1 aromatic carbocycles. The van der Waals surface area contributed by atoms with Gasteiger partial charge in [0.2, 0.25) is 0 Å². The summed E-state index contributed by atoms with van der Waals surface area (Å²) in [5, 5.41) is 0. The van der Waals surface area contributed by atoms with Crippen LogP contribution < -0.4 is 10.6 Å². The Morgan fingerprint density at radius 2 is 2.05 bits per heavy atom. The molecule has 1 saturated heterocycles. The summed E-state index contributed by atoms with van der Waals surface area (Å²) < 4.78 is 5.65. The second-order valence-electron chi connectivity index (χ2n) is 5.79. The zero-order chi connectivity index (χ0) is 13.9. The van der Waals surface area contributed by atoms with Crippen LogP contribution in [-0.2, 0) is 4.74 Å². The molecule has 2 N–H and O–H groups in total. The molecule has 3 heteroatoms. The van der Waals surface area contributed by atoms with E-state index in [1.54, 1.807) is 0 Å². The molecule has 0 aromatic heterocycles. The maximum atomic E-state index is 6.05. The van der Waals surface area contributed by atoms with Gasteiger partial charge in [-0.15, -0.1) is 0 Å². The van der Waals surface area contributed by atoms with E-state index in [0.717, 1.165) is 25.9 Å². The van der Waals surface area contributed by atoms with Crippen LogP contribution in [0.25, 0.3) is 0 Å². The molecule has 0 bridgehead atoms. The molecule has 1 heterocycles. The lowest BCUT2D eigenvalue weighted by atomic mass is 9.94. The highest BCUT2D eigenvalue weighted by molar-refractivity contribution is 5.49. The lowest BCUT2D eigenvalue weighted by Crippen LogP contribution is -2.47. The number of nitrogens with two attached hydrogens (primary N) is 1. The van der Waals surface area contributed by atoms with Crippen LogP contribution in [0.2, 0.25) is 0 Å². The maximum absolute atomic E-state index is 6.05. The molecule has 2 rings (SSSR count). The standard InChI is InChI=1S/C16H26N2O/c1-4-15(17)13-6-8-14(9-7-13)18-11-5-10-16(2,12-18)19-3/h6-9,15H,4-5,10-12,17H2,1-3H3/t15-,16?/m1/s1. The molecule has 106 valence electrons. The molecule has 0 radical (unpaired) electrons. The van der Waals surface area contributed by atoms with Crippen molar-refractivity contribution < 1.29 is 4.74 Å². The number of hydrogen-bond acceptors (Lipinski definition) is 3. The molecule has 19 heavy (non-hydrogen) atoms. The van der Waals surface area contributed by atoms with Crippen molar-refractivity contribution in [1.82, 2.24) is 0 Å². The minimum atomic E-state index is -0.0171. The summed E-state index contributed by atoms with van der Waals surface area (Å²) in [6.45, 7) is 6.38. The van der Waals surface area contributed by atoms with E-state index in [-0.39, 0.29) is 11.6 Å². The maximum Gasteiger partial charge on any atom is 0.0825 e. The molecular weight excluding hydrogens is 236 g/mol. The van der Waals surface area contributed by atoms with E-state index >= 15 is 0 Å². The summed E-state index contributed by atoms with van der Waals surface area (Å²) >= 11 is 0. The Bertz CT molecular complexity index is 404. The molecule has 1 aliphatic rings. The van der Waals surface area contributed by atoms with Gasteiger partial charge in [0.25, 0.3) is 0 Å². The highest BCUT2D eigenvalue weighted by Crippen LogP contribution is 2.28. The fourth-order valence-electron chi connectivity index (χ4n) is 2.76. The smallest absolute Gasteiger partial charge is 0.0825 e. The van der Waals surface area contributed by atoms with E-state index in [2.05, 4.69) is 43.0 Å². The predicted molar refractivity (Wildman–Crippen MR) is 80.5 cm³/mol. The Hall–Kier alpha value is -1.06. The van der Waals surface area contributed by atoms with Gasteiger partial charge in [-0.1, -0.05) is 19.1 Å². The molecule has 2 atom stereocenters. The molecule has 1 aromatic rings. The summed E-state index contributed by atoms with van der Waals surface area (Å²) in [5.41, 5.74) is 8.53. The topological polar surface area (TPSA) is 38.5 Å². The Morgan fingerprint density at radius 3 is 2.63 bits per heavy atom. The molecule has 1 unspecified atom stereocenters. The number of nitrogens with zero attached hydrogens (tertiary/aromatic N) is 1. The van der Waals surface area contributed by atoms with Crippen LogP contribution in [0, 0.1) is 0 Å². The zero-order valence-corrected chi connectivity index (χ0v) is 12.4. The first-order valence-corrected chi connectivity index (χ1v) is 7.23. The van der Waals surface area contributed by atoms with Crippen molar-refractivity contribution in [3.05, 3.63) is 29.8 Å². The normalized spacial score (nSPS) is 25.4. The van der Waals surface area contributed by atoms with Gasteiger partial charge < -0.3 is 15.4 Å². The third-order valence-corrected chi connectivity index (χ3v) is 4.28. The lowest BCUT2D eigenvalue weighted by Gasteiger charge is -2.40. The number of benzene rings is 1. The van der Waals surface area contributed by atoms with Gasteiger partial charge in [-0.25, -0.2) is 0 Å². The van der Waals surface area contributed by atoms with Crippen molar-refractivity contribution in [2.75, 3.05) is 25.1 Å². The van der Waals surface area contributed by atoms with Crippen molar-refractivity contribution in [2.24, 2.45) is 5.73 Å². The van der Waals surface area contributed by atoms with Gasteiger partial charge in [-0.2, -0.15) is 0 Å². The Morgan fingerprint density at radius 1 is 1.37 bits per heavy atom.